The summed E-state index contributed by atoms with van der Waals surface area (Å²) in [4.78, 5) is 11.0. The van der Waals surface area contributed by atoms with E-state index in [0.29, 0.717) is 11.9 Å². The van der Waals surface area contributed by atoms with Gasteiger partial charge in [-0.3, -0.25) is 4.98 Å². The molecule has 0 unspecified atom stereocenters. The Bertz CT molecular complexity index is 350. The van der Waals surface area contributed by atoms with Gasteiger partial charge in [-0.25, -0.2) is 4.98 Å². The second kappa shape index (κ2) is 5.00. The highest BCUT2D eigenvalue weighted by molar-refractivity contribution is 6.16. The molecule has 1 aliphatic carbocycles. The topological polar surface area (TPSA) is 29.0 Å². The van der Waals surface area contributed by atoms with Gasteiger partial charge >= 0.3 is 0 Å². The van der Waals surface area contributed by atoms with Crippen LogP contribution < -0.4 is 4.90 Å². The number of hydrogen-bond donors (Lipinski definition) is 0. The van der Waals surface area contributed by atoms with Crippen molar-refractivity contribution in [2.45, 2.75) is 38.6 Å². The minimum absolute atomic E-state index is 0.427. The maximum Gasteiger partial charge on any atom is 0.147 e. The van der Waals surface area contributed by atoms with Crippen LogP contribution >= 0.6 is 11.6 Å². The van der Waals surface area contributed by atoms with Gasteiger partial charge in [-0.15, -0.1) is 11.6 Å². The highest BCUT2D eigenvalue weighted by atomic mass is 35.5. The van der Waals surface area contributed by atoms with Crippen LogP contribution in [0.2, 0.25) is 0 Å². The summed E-state index contributed by atoms with van der Waals surface area (Å²) in [5.74, 6) is 2.24. The summed E-state index contributed by atoms with van der Waals surface area (Å²) in [6.45, 7) is 5.48. The first-order chi connectivity index (χ1) is 7.70. The Morgan fingerprint density at radius 2 is 2.19 bits per heavy atom. The summed E-state index contributed by atoms with van der Waals surface area (Å²) in [6, 6.07) is 0.459. The van der Waals surface area contributed by atoms with Crippen LogP contribution in [0.4, 0.5) is 5.82 Å². The Hall–Kier alpha value is -0.830. The van der Waals surface area contributed by atoms with E-state index < -0.39 is 0 Å². The first-order valence-electron chi connectivity index (χ1n) is 5.84. The lowest BCUT2D eigenvalue weighted by molar-refractivity contribution is 0.634. The Labute approximate surface area is 102 Å². The van der Waals surface area contributed by atoms with Crippen molar-refractivity contribution in [3.63, 3.8) is 0 Å². The smallest absolute Gasteiger partial charge is 0.147 e. The molecule has 1 aliphatic rings. The third-order valence-corrected chi connectivity index (χ3v) is 3.15. The molecule has 88 valence electrons. The standard InChI is InChI=1S/C12H18ClN3/c1-9(2)16(8-10-3-4-10)12-7-14-6-11(5-13)15-12/h6-7,9-10H,3-5,8H2,1-2H3. The second-order valence-electron chi connectivity index (χ2n) is 4.69. The fourth-order valence-corrected chi connectivity index (χ4v) is 1.87. The Morgan fingerprint density at radius 3 is 2.75 bits per heavy atom. The first kappa shape index (κ1) is 11.6. The van der Waals surface area contributed by atoms with Crippen molar-refractivity contribution >= 4 is 17.4 Å². The van der Waals surface area contributed by atoms with E-state index in [-0.39, 0.29) is 0 Å². The van der Waals surface area contributed by atoms with Crippen molar-refractivity contribution in [3.05, 3.63) is 18.1 Å². The number of nitrogens with zero attached hydrogens (tertiary/aromatic N) is 3. The normalized spacial score (nSPS) is 15.5. The predicted octanol–water partition coefficient (Wildman–Crippen LogP) is 2.84. The van der Waals surface area contributed by atoms with Crippen molar-refractivity contribution in [2.75, 3.05) is 11.4 Å². The molecule has 0 spiro atoms. The molecule has 4 heteroatoms. The van der Waals surface area contributed by atoms with Gasteiger partial charge in [0.15, 0.2) is 0 Å². The summed E-state index contributed by atoms with van der Waals surface area (Å²) in [6.07, 6.45) is 6.27. The van der Waals surface area contributed by atoms with Crippen molar-refractivity contribution in [1.82, 2.24) is 9.97 Å². The van der Waals surface area contributed by atoms with Crippen LogP contribution in [0.25, 0.3) is 0 Å². The second-order valence-corrected chi connectivity index (χ2v) is 4.96. The van der Waals surface area contributed by atoms with Crippen LogP contribution in [0.1, 0.15) is 32.4 Å². The lowest BCUT2D eigenvalue weighted by Crippen LogP contribution is -2.33. The van der Waals surface area contributed by atoms with Gasteiger partial charge < -0.3 is 4.90 Å². The highest BCUT2D eigenvalue weighted by Gasteiger charge is 2.26. The number of aromatic nitrogens is 2. The molecule has 1 saturated carbocycles. The van der Waals surface area contributed by atoms with Crippen LogP contribution in [0, 0.1) is 5.92 Å². The minimum Gasteiger partial charge on any atom is -0.353 e. The van der Waals surface area contributed by atoms with Crippen molar-refractivity contribution in [2.24, 2.45) is 5.92 Å². The average Bonchev–Trinajstić information content (AvgIpc) is 3.09. The lowest BCUT2D eigenvalue weighted by Gasteiger charge is -2.27. The van der Waals surface area contributed by atoms with Gasteiger partial charge in [0.25, 0.3) is 0 Å². The van der Waals surface area contributed by atoms with Gasteiger partial charge in [0.05, 0.1) is 17.8 Å². The van der Waals surface area contributed by atoms with Gasteiger partial charge in [-0.05, 0) is 32.6 Å². The summed E-state index contributed by atoms with van der Waals surface area (Å²) < 4.78 is 0. The Morgan fingerprint density at radius 1 is 1.44 bits per heavy atom. The fraction of sp³-hybridized carbons (Fsp3) is 0.667. The molecule has 0 radical (unpaired) electrons. The fourth-order valence-electron chi connectivity index (χ4n) is 1.75. The average molecular weight is 240 g/mol. The Kier molecular flexibility index (Phi) is 3.64. The van der Waals surface area contributed by atoms with E-state index in [9.17, 15) is 0 Å². The summed E-state index contributed by atoms with van der Waals surface area (Å²) >= 11 is 5.78. The quantitative estimate of drug-likeness (QED) is 0.740. The van der Waals surface area contributed by atoms with Gasteiger partial charge in [-0.2, -0.15) is 0 Å². The molecule has 0 N–H and O–H groups in total. The van der Waals surface area contributed by atoms with Crippen LogP contribution in [0.3, 0.4) is 0 Å². The molecule has 1 heterocycles. The van der Waals surface area contributed by atoms with E-state index in [1.54, 1.807) is 6.20 Å². The van der Waals surface area contributed by atoms with E-state index in [1.165, 1.54) is 12.8 Å². The molecule has 16 heavy (non-hydrogen) atoms. The van der Waals surface area contributed by atoms with Gasteiger partial charge in [-0.1, -0.05) is 0 Å². The van der Waals surface area contributed by atoms with Gasteiger partial charge in [0.1, 0.15) is 5.82 Å². The number of hydrogen-bond acceptors (Lipinski definition) is 3. The number of halogens is 1. The highest BCUT2D eigenvalue weighted by Crippen LogP contribution is 2.31. The van der Waals surface area contributed by atoms with Crippen LogP contribution in [-0.4, -0.2) is 22.6 Å². The molecule has 0 aliphatic heterocycles. The number of rotatable bonds is 5. The van der Waals surface area contributed by atoms with E-state index in [4.69, 9.17) is 11.6 Å². The van der Waals surface area contributed by atoms with Crippen LogP contribution in [0.15, 0.2) is 12.4 Å². The Balaban J connectivity index is 2.15. The van der Waals surface area contributed by atoms with E-state index in [1.807, 2.05) is 6.20 Å². The van der Waals surface area contributed by atoms with Crippen molar-refractivity contribution < 1.29 is 0 Å². The zero-order valence-electron chi connectivity index (χ0n) is 9.86. The third-order valence-electron chi connectivity index (χ3n) is 2.88. The zero-order valence-corrected chi connectivity index (χ0v) is 10.6. The molecule has 1 aromatic heterocycles. The molecule has 1 aromatic rings. The van der Waals surface area contributed by atoms with Gasteiger partial charge in [0, 0.05) is 18.8 Å². The molecule has 2 rings (SSSR count). The molecule has 0 amide bonds. The van der Waals surface area contributed by atoms with Gasteiger partial charge in [0.2, 0.25) is 0 Å². The monoisotopic (exact) mass is 239 g/mol. The molecular weight excluding hydrogens is 222 g/mol. The van der Waals surface area contributed by atoms with E-state index >= 15 is 0 Å². The third kappa shape index (κ3) is 2.85. The summed E-state index contributed by atoms with van der Waals surface area (Å²) in [5.41, 5.74) is 0.848. The number of anilines is 1. The van der Waals surface area contributed by atoms with Crippen LogP contribution in [-0.2, 0) is 5.88 Å². The van der Waals surface area contributed by atoms with Crippen molar-refractivity contribution in [1.29, 1.82) is 0 Å². The minimum atomic E-state index is 0.427. The predicted molar refractivity (Wildman–Crippen MR) is 66.8 cm³/mol. The zero-order chi connectivity index (χ0) is 11.5. The SMILES string of the molecule is CC(C)N(CC1CC1)c1cncc(CCl)n1. The summed E-state index contributed by atoms with van der Waals surface area (Å²) in [5, 5.41) is 0. The largest absolute Gasteiger partial charge is 0.353 e. The molecule has 0 atom stereocenters. The van der Waals surface area contributed by atoms with E-state index in [2.05, 4.69) is 28.7 Å². The maximum absolute atomic E-state index is 5.78. The number of alkyl halides is 1. The summed E-state index contributed by atoms with van der Waals surface area (Å²) in [7, 11) is 0. The molecule has 0 aromatic carbocycles. The maximum atomic E-state index is 5.78. The molecule has 1 fully saturated rings. The lowest BCUT2D eigenvalue weighted by atomic mass is 10.2. The molecule has 0 saturated heterocycles. The van der Waals surface area contributed by atoms with Crippen LogP contribution in [0.5, 0.6) is 0 Å². The van der Waals surface area contributed by atoms with Crippen molar-refractivity contribution in [3.8, 4) is 0 Å². The molecular formula is C12H18ClN3. The first-order valence-corrected chi connectivity index (χ1v) is 6.37. The molecule has 3 nitrogen and oxygen atoms in total. The van der Waals surface area contributed by atoms with E-state index in [0.717, 1.165) is 24.0 Å². The molecule has 0 bridgehead atoms.